The summed E-state index contributed by atoms with van der Waals surface area (Å²) < 4.78 is 42.7. The molecule has 1 fully saturated rings. The summed E-state index contributed by atoms with van der Waals surface area (Å²) in [6, 6.07) is 11.0. The van der Waals surface area contributed by atoms with Crippen molar-refractivity contribution in [3.05, 3.63) is 65.2 Å². The summed E-state index contributed by atoms with van der Waals surface area (Å²) in [4.78, 5) is 0. The fourth-order valence-electron chi connectivity index (χ4n) is 4.49. The van der Waals surface area contributed by atoms with Crippen molar-refractivity contribution in [2.45, 2.75) is 89.6 Å². The molecule has 2 aromatic rings. The molecule has 3 rings (SSSR count). The number of halogens is 3. The van der Waals surface area contributed by atoms with Crippen LogP contribution in [0.5, 0.6) is 0 Å². The first-order chi connectivity index (χ1) is 15.1. The van der Waals surface area contributed by atoms with E-state index in [-0.39, 0.29) is 5.56 Å². The van der Waals surface area contributed by atoms with Crippen LogP contribution >= 0.6 is 0 Å². The van der Waals surface area contributed by atoms with Gasteiger partial charge in [0.15, 0.2) is 11.6 Å². The van der Waals surface area contributed by atoms with Gasteiger partial charge in [-0.25, -0.2) is 13.2 Å². The van der Waals surface area contributed by atoms with E-state index in [0.717, 1.165) is 31.2 Å². The van der Waals surface area contributed by atoms with E-state index in [4.69, 9.17) is 0 Å². The van der Waals surface area contributed by atoms with Gasteiger partial charge in [-0.2, -0.15) is 0 Å². The number of hydrogen-bond acceptors (Lipinski definition) is 0. The molecule has 0 bridgehead atoms. The first kappa shape index (κ1) is 23.6. The summed E-state index contributed by atoms with van der Waals surface area (Å²) in [5, 5.41) is 0. The first-order valence-corrected chi connectivity index (χ1v) is 12.0. The highest BCUT2D eigenvalue weighted by Gasteiger charge is 2.22. The molecule has 1 saturated carbocycles. The molecule has 0 heterocycles. The van der Waals surface area contributed by atoms with Gasteiger partial charge in [0.1, 0.15) is 6.17 Å². The lowest BCUT2D eigenvalue weighted by molar-refractivity contribution is 0.235. The highest BCUT2D eigenvalue weighted by Crippen LogP contribution is 2.35. The number of rotatable bonds is 10. The van der Waals surface area contributed by atoms with Crippen molar-refractivity contribution in [1.29, 1.82) is 0 Å². The minimum atomic E-state index is -0.799. The Morgan fingerprint density at radius 1 is 0.806 bits per heavy atom. The second-order valence-electron chi connectivity index (χ2n) is 8.86. The van der Waals surface area contributed by atoms with Crippen LogP contribution in [-0.2, 0) is 0 Å². The standard InChI is InChI=1S/C28H35F3/c1-2-3-4-5-6-7-8-9-10-24-17-20-26(28(31)27(24)30)23-13-11-21(12-14-23)22-15-18-25(29)19-16-22/h9-14,17,20,22,25H,2-8,15-16,18-19H2,1H3/b10-9+. The molecule has 31 heavy (non-hydrogen) atoms. The van der Waals surface area contributed by atoms with Crippen LogP contribution in [0, 0.1) is 11.6 Å². The smallest absolute Gasteiger partial charge is 0.167 e. The average molecular weight is 429 g/mol. The Kier molecular flexibility index (Phi) is 9.24. The number of alkyl halides is 1. The molecule has 168 valence electrons. The van der Waals surface area contributed by atoms with Gasteiger partial charge >= 0.3 is 0 Å². The van der Waals surface area contributed by atoms with Gasteiger partial charge in [0.25, 0.3) is 0 Å². The van der Waals surface area contributed by atoms with Crippen LogP contribution in [0.25, 0.3) is 17.2 Å². The van der Waals surface area contributed by atoms with Crippen LogP contribution in [0.2, 0.25) is 0 Å². The maximum Gasteiger partial charge on any atom is 0.167 e. The van der Waals surface area contributed by atoms with Crippen molar-refractivity contribution in [2.75, 3.05) is 0 Å². The molecule has 0 N–H and O–H groups in total. The van der Waals surface area contributed by atoms with E-state index in [1.165, 1.54) is 32.1 Å². The van der Waals surface area contributed by atoms with E-state index in [2.05, 4.69) is 6.92 Å². The lowest BCUT2D eigenvalue weighted by Gasteiger charge is -2.24. The maximum absolute atomic E-state index is 14.7. The molecule has 0 amide bonds. The number of unbranched alkanes of at least 4 members (excludes halogenated alkanes) is 6. The van der Waals surface area contributed by atoms with Gasteiger partial charge in [0.2, 0.25) is 0 Å². The Bertz CT molecular complexity index is 830. The van der Waals surface area contributed by atoms with E-state index in [1.807, 2.05) is 30.3 Å². The molecule has 0 spiro atoms. The molecule has 1 aliphatic rings. The highest BCUT2D eigenvalue weighted by molar-refractivity contribution is 5.67. The van der Waals surface area contributed by atoms with Crippen molar-refractivity contribution in [2.24, 2.45) is 0 Å². The molecule has 0 atom stereocenters. The van der Waals surface area contributed by atoms with Crippen molar-refractivity contribution < 1.29 is 13.2 Å². The van der Waals surface area contributed by atoms with Crippen LogP contribution in [0.4, 0.5) is 13.2 Å². The minimum absolute atomic E-state index is 0.282. The lowest BCUT2D eigenvalue weighted by atomic mass is 9.83. The third kappa shape index (κ3) is 6.72. The van der Waals surface area contributed by atoms with Gasteiger partial charge in [0, 0.05) is 11.1 Å². The van der Waals surface area contributed by atoms with Gasteiger partial charge < -0.3 is 0 Å². The monoisotopic (exact) mass is 428 g/mol. The Balaban J connectivity index is 1.59. The quantitative estimate of drug-likeness (QED) is 0.331. The van der Waals surface area contributed by atoms with Gasteiger partial charge in [-0.05, 0) is 55.6 Å². The predicted octanol–water partition coefficient (Wildman–Crippen LogP) is 9.39. The van der Waals surface area contributed by atoms with Gasteiger partial charge in [-0.3, -0.25) is 0 Å². The fourth-order valence-corrected chi connectivity index (χ4v) is 4.49. The van der Waals surface area contributed by atoms with E-state index in [0.29, 0.717) is 29.9 Å². The zero-order valence-electron chi connectivity index (χ0n) is 18.7. The number of hydrogen-bond donors (Lipinski definition) is 0. The van der Waals surface area contributed by atoms with Gasteiger partial charge in [-0.15, -0.1) is 0 Å². The zero-order chi connectivity index (χ0) is 22.1. The van der Waals surface area contributed by atoms with E-state index in [9.17, 15) is 13.2 Å². The molecule has 0 unspecified atom stereocenters. The average Bonchev–Trinajstić information content (AvgIpc) is 2.79. The number of allylic oxidation sites excluding steroid dienone is 1. The van der Waals surface area contributed by atoms with Crippen LogP contribution in [-0.4, -0.2) is 6.17 Å². The van der Waals surface area contributed by atoms with E-state index in [1.54, 1.807) is 18.2 Å². The molecular formula is C28H35F3. The third-order valence-corrected chi connectivity index (χ3v) is 6.48. The summed E-state index contributed by atoms with van der Waals surface area (Å²) in [7, 11) is 0. The largest absolute Gasteiger partial charge is 0.247 e. The van der Waals surface area contributed by atoms with Gasteiger partial charge in [0.05, 0.1) is 0 Å². The van der Waals surface area contributed by atoms with Gasteiger partial charge in [-0.1, -0.05) is 87.6 Å². The Morgan fingerprint density at radius 3 is 2.19 bits per heavy atom. The molecule has 0 aromatic heterocycles. The summed E-state index contributed by atoms with van der Waals surface area (Å²) >= 11 is 0. The molecule has 0 radical (unpaired) electrons. The van der Waals surface area contributed by atoms with Crippen LogP contribution < -0.4 is 0 Å². The van der Waals surface area contributed by atoms with Crippen LogP contribution in [0.3, 0.4) is 0 Å². The molecule has 2 aromatic carbocycles. The fraction of sp³-hybridized carbons (Fsp3) is 0.500. The molecule has 3 heteroatoms. The SMILES string of the molecule is CCCCCCCC/C=C/c1ccc(-c2ccc(C3CCC(F)CC3)cc2)c(F)c1F. The summed E-state index contributed by atoms with van der Waals surface area (Å²) in [6.07, 6.45) is 14.1. The normalized spacial score (nSPS) is 19.2. The summed E-state index contributed by atoms with van der Waals surface area (Å²) in [5.41, 5.74) is 2.41. The van der Waals surface area contributed by atoms with Crippen LogP contribution in [0.15, 0.2) is 42.5 Å². The first-order valence-electron chi connectivity index (χ1n) is 12.0. The van der Waals surface area contributed by atoms with E-state index >= 15 is 0 Å². The Morgan fingerprint density at radius 2 is 1.48 bits per heavy atom. The molecular weight excluding hydrogens is 393 g/mol. The second-order valence-corrected chi connectivity index (χ2v) is 8.86. The Labute approximate surface area is 185 Å². The van der Waals surface area contributed by atoms with Crippen molar-refractivity contribution in [3.63, 3.8) is 0 Å². The Hall–Kier alpha value is -2.03. The molecule has 0 aliphatic heterocycles. The third-order valence-electron chi connectivity index (χ3n) is 6.48. The van der Waals surface area contributed by atoms with Crippen LogP contribution in [0.1, 0.15) is 94.6 Å². The van der Waals surface area contributed by atoms with Crippen molar-refractivity contribution in [3.8, 4) is 11.1 Å². The topological polar surface area (TPSA) is 0 Å². The predicted molar refractivity (Wildman–Crippen MR) is 125 cm³/mol. The summed E-state index contributed by atoms with van der Waals surface area (Å²) in [5.74, 6) is -1.23. The van der Waals surface area contributed by atoms with E-state index < -0.39 is 17.8 Å². The molecule has 0 nitrogen and oxygen atoms in total. The number of benzene rings is 2. The van der Waals surface area contributed by atoms with Crippen molar-refractivity contribution >= 4 is 6.08 Å². The second kappa shape index (κ2) is 12.1. The molecule has 1 aliphatic carbocycles. The maximum atomic E-state index is 14.7. The minimum Gasteiger partial charge on any atom is -0.247 e. The molecule has 0 saturated heterocycles. The summed E-state index contributed by atoms with van der Waals surface area (Å²) in [6.45, 7) is 2.21. The van der Waals surface area contributed by atoms with Crippen molar-refractivity contribution in [1.82, 2.24) is 0 Å². The lowest BCUT2D eigenvalue weighted by Crippen LogP contribution is -2.13. The highest BCUT2D eigenvalue weighted by atomic mass is 19.2. The zero-order valence-corrected chi connectivity index (χ0v) is 18.7.